The highest BCUT2D eigenvalue weighted by molar-refractivity contribution is 6.46. The molecular formula is C19H24O3. The highest BCUT2D eigenvalue weighted by Crippen LogP contribution is 2.64. The van der Waals surface area contributed by atoms with Gasteiger partial charge in [0.05, 0.1) is 0 Å². The Balaban J connectivity index is 1.78. The second-order valence-corrected chi connectivity index (χ2v) is 8.25. The Labute approximate surface area is 131 Å². The van der Waals surface area contributed by atoms with Crippen LogP contribution >= 0.6 is 0 Å². The summed E-state index contributed by atoms with van der Waals surface area (Å²) in [4.78, 5) is 36.8. The van der Waals surface area contributed by atoms with Crippen molar-refractivity contribution in [3.05, 3.63) is 12.2 Å². The molecule has 1 unspecified atom stereocenters. The van der Waals surface area contributed by atoms with E-state index in [0.717, 1.165) is 32.0 Å². The van der Waals surface area contributed by atoms with Crippen LogP contribution in [0.2, 0.25) is 0 Å². The number of allylic oxidation sites excluding steroid dienone is 2. The number of Topliss-reactive ketones (excluding diaryl/α,β-unsaturated/α-hetero) is 1. The van der Waals surface area contributed by atoms with Crippen LogP contribution in [0.25, 0.3) is 0 Å². The average Bonchev–Trinajstić information content (AvgIpc) is 2.92. The van der Waals surface area contributed by atoms with Crippen molar-refractivity contribution in [3.63, 3.8) is 0 Å². The standard InChI is InChI=1S/C19H24O3/c1-18-9-2-3-14(18)13-6-4-12-5-7-16(21)17(22)19(12,11-20)15(13)8-10-18/h5,7,11-15H,2-4,6,8-10H2,1H3/t12?,13-,14-,15-,18-,19-/m0/s1. The Morgan fingerprint density at radius 3 is 2.68 bits per heavy atom. The van der Waals surface area contributed by atoms with Crippen molar-refractivity contribution in [1.29, 1.82) is 0 Å². The second-order valence-electron chi connectivity index (χ2n) is 8.25. The summed E-state index contributed by atoms with van der Waals surface area (Å²) >= 11 is 0. The molecule has 4 aliphatic carbocycles. The summed E-state index contributed by atoms with van der Waals surface area (Å²) in [6.45, 7) is 2.40. The molecule has 3 saturated carbocycles. The predicted molar refractivity (Wildman–Crippen MR) is 82.0 cm³/mol. The van der Waals surface area contributed by atoms with Crippen LogP contribution in [0.4, 0.5) is 0 Å². The van der Waals surface area contributed by atoms with Gasteiger partial charge in [0.1, 0.15) is 11.7 Å². The number of carbonyl (C=O) groups is 3. The number of hydrogen-bond donors (Lipinski definition) is 0. The highest BCUT2D eigenvalue weighted by Gasteiger charge is 2.62. The van der Waals surface area contributed by atoms with Crippen molar-refractivity contribution in [2.45, 2.75) is 51.9 Å². The zero-order valence-electron chi connectivity index (χ0n) is 13.2. The van der Waals surface area contributed by atoms with Gasteiger partial charge in [-0.05, 0) is 73.7 Å². The minimum absolute atomic E-state index is 0.0535. The van der Waals surface area contributed by atoms with Gasteiger partial charge in [-0.2, -0.15) is 0 Å². The minimum atomic E-state index is -1.04. The lowest BCUT2D eigenvalue weighted by Gasteiger charge is -2.56. The van der Waals surface area contributed by atoms with Gasteiger partial charge in [0, 0.05) is 0 Å². The first kappa shape index (κ1) is 14.3. The van der Waals surface area contributed by atoms with Gasteiger partial charge in [-0.25, -0.2) is 0 Å². The molecular weight excluding hydrogens is 276 g/mol. The van der Waals surface area contributed by atoms with Gasteiger partial charge in [0.15, 0.2) is 0 Å². The molecule has 3 heteroatoms. The van der Waals surface area contributed by atoms with E-state index in [0.29, 0.717) is 17.3 Å². The van der Waals surface area contributed by atoms with Crippen molar-refractivity contribution in [3.8, 4) is 0 Å². The lowest BCUT2D eigenvalue weighted by molar-refractivity contribution is -0.159. The third-order valence-electron chi connectivity index (χ3n) is 7.55. The Morgan fingerprint density at radius 1 is 1.09 bits per heavy atom. The first-order valence-corrected chi connectivity index (χ1v) is 8.76. The average molecular weight is 300 g/mol. The fourth-order valence-electron chi connectivity index (χ4n) is 6.48. The third-order valence-corrected chi connectivity index (χ3v) is 7.55. The van der Waals surface area contributed by atoms with Crippen molar-refractivity contribution in [2.75, 3.05) is 0 Å². The van der Waals surface area contributed by atoms with E-state index in [1.165, 1.54) is 25.3 Å². The molecule has 0 N–H and O–H groups in total. The summed E-state index contributed by atoms with van der Waals surface area (Å²) in [5.74, 6) is 0.224. The van der Waals surface area contributed by atoms with Crippen LogP contribution < -0.4 is 0 Å². The van der Waals surface area contributed by atoms with Gasteiger partial charge in [0.25, 0.3) is 0 Å². The molecule has 0 aromatic rings. The van der Waals surface area contributed by atoms with E-state index in [1.807, 2.05) is 6.08 Å². The Kier molecular flexibility index (Phi) is 3.02. The largest absolute Gasteiger partial charge is 0.302 e. The number of carbonyl (C=O) groups excluding carboxylic acids is 3. The number of fused-ring (bicyclic) bond motifs is 5. The van der Waals surface area contributed by atoms with Crippen LogP contribution in [0, 0.1) is 34.5 Å². The lowest BCUT2D eigenvalue weighted by atomic mass is 9.45. The van der Waals surface area contributed by atoms with E-state index in [2.05, 4.69) is 6.92 Å². The minimum Gasteiger partial charge on any atom is -0.302 e. The Bertz CT molecular complexity index is 577. The normalized spacial score (nSPS) is 50.2. The van der Waals surface area contributed by atoms with Gasteiger partial charge in [-0.1, -0.05) is 19.4 Å². The molecule has 0 radical (unpaired) electrons. The molecule has 0 aromatic heterocycles. The molecule has 0 amide bonds. The van der Waals surface area contributed by atoms with Crippen LogP contribution in [-0.2, 0) is 14.4 Å². The highest BCUT2D eigenvalue weighted by atomic mass is 16.2. The molecule has 4 aliphatic rings. The van der Waals surface area contributed by atoms with Gasteiger partial charge < -0.3 is 4.79 Å². The molecule has 22 heavy (non-hydrogen) atoms. The van der Waals surface area contributed by atoms with Gasteiger partial charge >= 0.3 is 0 Å². The Morgan fingerprint density at radius 2 is 1.91 bits per heavy atom. The van der Waals surface area contributed by atoms with Crippen LogP contribution in [0.5, 0.6) is 0 Å². The van der Waals surface area contributed by atoms with E-state index in [-0.39, 0.29) is 11.8 Å². The summed E-state index contributed by atoms with van der Waals surface area (Å²) in [7, 11) is 0. The predicted octanol–water partition coefficient (Wildman–Crippen LogP) is 3.12. The van der Waals surface area contributed by atoms with Crippen molar-refractivity contribution >= 4 is 17.9 Å². The van der Waals surface area contributed by atoms with E-state index >= 15 is 0 Å². The summed E-state index contributed by atoms with van der Waals surface area (Å²) < 4.78 is 0. The van der Waals surface area contributed by atoms with E-state index < -0.39 is 17.0 Å². The van der Waals surface area contributed by atoms with Crippen molar-refractivity contribution in [1.82, 2.24) is 0 Å². The molecule has 3 fully saturated rings. The van der Waals surface area contributed by atoms with Crippen molar-refractivity contribution in [2.24, 2.45) is 34.5 Å². The van der Waals surface area contributed by atoms with Crippen LogP contribution in [0.15, 0.2) is 12.2 Å². The molecule has 0 bridgehead atoms. The van der Waals surface area contributed by atoms with E-state index in [1.54, 1.807) is 0 Å². The van der Waals surface area contributed by atoms with Crippen LogP contribution in [0.3, 0.4) is 0 Å². The summed E-state index contributed by atoms with van der Waals surface area (Å²) in [5.41, 5.74) is -0.645. The first-order chi connectivity index (χ1) is 10.5. The summed E-state index contributed by atoms with van der Waals surface area (Å²) in [6, 6.07) is 0. The maximum absolute atomic E-state index is 12.7. The fourth-order valence-corrected chi connectivity index (χ4v) is 6.48. The maximum Gasteiger partial charge on any atom is 0.222 e. The summed E-state index contributed by atoms with van der Waals surface area (Å²) in [5, 5.41) is 0. The molecule has 0 heterocycles. The quantitative estimate of drug-likeness (QED) is 0.425. The molecule has 0 aromatic carbocycles. The molecule has 0 saturated heterocycles. The molecule has 4 rings (SSSR count). The monoisotopic (exact) mass is 300 g/mol. The number of rotatable bonds is 1. The first-order valence-electron chi connectivity index (χ1n) is 8.76. The number of aldehydes is 1. The fraction of sp³-hybridized carbons (Fsp3) is 0.737. The van der Waals surface area contributed by atoms with E-state index in [4.69, 9.17) is 0 Å². The SMILES string of the molecule is C[C@@]12CCC[C@H]1[C@@H]1CCC3C=CC(=O)C(=O)[C@]3(C=O)[C@H]1CC2. The van der Waals surface area contributed by atoms with Crippen LogP contribution in [0.1, 0.15) is 51.9 Å². The molecule has 6 atom stereocenters. The van der Waals surface area contributed by atoms with Gasteiger partial charge in [0.2, 0.25) is 11.6 Å². The zero-order valence-corrected chi connectivity index (χ0v) is 13.2. The van der Waals surface area contributed by atoms with E-state index in [9.17, 15) is 14.4 Å². The van der Waals surface area contributed by atoms with Crippen LogP contribution in [-0.4, -0.2) is 17.9 Å². The molecule has 3 nitrogen and oxygen atoms in total. The topological polar surface area (TPSA) is 51.2 Å². The maximum atomic E-state index is 12.7. The number of hydrogen-bond acceptors (Lipinski definition) is 3. The molecule has 0 spiro atoms. The molecule has 0 aliphatic heterocycles. The van der Waals surface area contributed by atoms with Gasteiger partial charge in [-0.3, -0.25) is 9.59 Å². The smallest absolute Gasteiger partial charge is 0.222 e. The van der Waals surface area contributed by atoms with Gasteiger partial charge in [-0.15, -0.1) is 0 Å². The lowest BCUT2D eigenvalue weighted by Crippen LogP contribution is -2.58. The number of ketones is 2. The zero-order chi connectivity index (χ0) is 15.5. The Hall–Kier alpha value is -1.25. The molecule has 118 valence electrons. The second kappa shape index (κ2) is 4.62. The summed E-state index contributed by atoms with van der Waals surface area (Å²) in [6.07, 6.45) is 11.9. The third kappa shape index (κ3) is 1.60. The van der Waals surface area contributed by atoms with Crippen molar-refractivity contribution < 1.29 is 14.4 Å².